The van der Waals surface area contributed by atoms with Gasteiger partial charge in [0.2, 0.25) is 0 Å². The van der Waals surface area contributed by atoms with Crippen LogP contribution in [0.2, 0.25) is 0 Å². The van der Waals surface area contributed by atoms with Gasteiger partial charge < -0.3 is 40.7 Å². The molecule has 1 aliphatic rings. The van der Waals surface area contributed by atoms with Gasteiger partial charge in [0.05, 0.1) is 13.2 Å². The third-order valence-corrected chi connectivity index (χ3v) is 2.61. The first-order valence-corrected chi connectivity index (χ1v) is 5.29. The smallest absolute Gasteiger partial charge is 0.322 e. The molecule has 0 aliphatic carbocycles. The molecule has 18 heavy (non-hydrogen) atoms. The number of aliphatic hydroxyl groups excluding tert-OH is 4. The third kappa shape index (κ3) is 3.36. The molecule has 0 bridgehead atoms. The summed E-state index contributed by atoms with van der Waals surface area (Å²) in [6.45, 7) is -1.03. The number of carbonyl (C=O) groups is 1. The van der Waals surface area contributed by atoms with Crippen molar-refractivity contribution < 1.29 is 39.8 Å². The van der Waals surface area contributed by atoms with Gasteiger partial charge in [-0.05, 0) is 0 Å². The van der Waals surface area contributed by atoms with Crippen LogP contribution in [0.4, 0.5) is 0 Å². The summed E-state index contributed by atoms with van der Waals surface area (Å²) in [5, 5.41) is 45.9. The molecule has 6 atom stereocenters. The number of aliphatic hydroxyl groups is 4. The van der Waals surface area contributed by atoms with Gasteiger partial charge in [0.1, 0.15) is 30.5 Å². The fraction of sp³-hybridized carbons (Fsp3) is 0.889. The summed E-state index contributed by atoms with van der Waals surface area (Å²) in [5.74, 6) is -1.29. The lowest BCUT2D eigenvalue weighted by molar-refractivity contribution is -0.301. The van der Waals surface area contributed by atoms with Gasteiger partial charge in [0.15, 0.2) is 6.29 Å². The highest BCUT2D eigenvalue weighted by atomic mass is 16.7. The Morgan fingerprint density at radius 1 is 1.28 bits per heavy atom. The minimum atomic E-state index is -1.57. The highest BCUT2D eigenvalue weighted by Gasteiger charge is 2.44. The highest BCUT2D eigenvalue weighted by Crippen LogP contribution is 2.21. The Kier molecular flexibility index (Phi) is 5.41. The number of hydrogen-bond donors (Lipinski definition) is 6. The lowest BCUT2D eigenvalue weighted by atomic mass is 9.99. The van der Waals surface area contributed by atoms with E-state index in [1.165, 1.54) is 0 Å². The van der Waals surface area contributed by atoms with Crippen LogP contribution in [0, 0.1) is 0 Å². The average Bonchev–Trinajstić information content (AvgIpc) is 2.34. The first-order chi connectivity index (χ1) is 8.38. The Bertz CT molecular complexity index is 286. The molecule has 0 radical (unpaired) electrons. The third-order valence-electron chi connectivity index (χ3n) is 2.61. The highest BCUT2D eigenvalue weighted by molar-refractivity contribution is 5.73. The summed E-state index contributed by atoms with van der Waals surface area (Å²) in [4.78, 5) is 10.5. The van der Waals surface area contributed by atoms with E-state index in [4.69, 9.17) is 25.4 Å². The fourth-order valence-electron chi connectivity index (χ4n) is 1.47. The van der Waals surface area contributed by atoms with Crippen LogP contribution >= 0.6 is 0 Å². The van der Waals surface area contributed by atoms with Crippen molar-refractivity contribution in [3.63, 3.8) is 0 Å². The van der Waals surface area contributed by atoms with Crippen molar-refractivity contribution >= 4 is 5.97 Å². The van der Waals surface area contributed by atoms with Crippen LogP contribution in [-0.2, 0) is 14.3 Å². The topological polar surface area (TPSA) is 163 Å². The second kappa shape index (κ2) is 6.38. The van der Waals surface area contributed by atoms with Crippen LogP contribution in [0.1, 0.15) is 0 Å². The van der Waals surface area contributed by atoms with Crippen molar-refractivity contribution in [2.45, 2.75) is 36.7 Å². The van der Waals surface area contributed by atoms with Crippen LogP contribution in [0.25, 0.3) is 0 Å². The fourth-order valence-corrected chi connectivity index (χ4v) is 1.47. The Morgan fingerprint density at radius 3 is 2.39 bits per heavy atom. The molecule has 1 heterocycles. The minimum Gasteiger partial charge on any atom is -0.480 e. The summed E-state index contributed by atoms with van der Waals surface area (Å²) in [6.07, 6.45) is -7.09. The van der Waals surface area contributed by atoms with Crippen LogP contribution < -0.4 is 5.73 Å². The molecule has 1 unspecified atom stereocenters. The first kappa shape index (κ1) is 15.2. The number of carboxylic acid groups (broad SMARTS) is 1. The molecule has 0 aromatic carbocycles. The summed E-state index contributed by atoms with van der Waals surface area (Å²) in [5.41, 5.74) is 5.19. The van der Waals surface area contributed by atoms with Crippen LogP contribution in [-0.4, -0.2) is 81.5 Å². The van der Waals surface area contributed by atoms with E-state index >= 15 is 0 Å². The molecule has 0 aromatic heterocycles. The van der Waals surface area contributed by atoms with E-state index in [-0.39, 0.29) is 0 Å². The van der Waals surface area contributed by atoms with E-state index < -0.39 is 55.9 Å². The number of hydrogen-bond acceptors (Lipinski definition) is 8. The molecule has 1 fully saturated rings. The lowest BCUT2D eigenvalue weighted by Gasteiger charge is -2.39. The summed E-state index contributed by atoms with van der Waals surface area (Å²) in [6, 6.07) is -1.31. The number of carboxylic acids is 1. The van der Waals surface area contributed by atoms with Gasteiger partial charge in [-0.3, -0.25) is 4.79 Å². The summed E-state index contributed by atoms with van der Waals surface area (Å²) >= 11 is 0. The van der Waals surface area contributed by atoms with E-state index in [0.717, 1.165) is 0 Å². The van der Waals surface area contributed by atoms with Crippen molar-refractivity contribution in [2.75, 3.05) is 13.2 Å². The minimum absolute atomic E-state index is 0.446. The summed E-state index contributed by atoms with van der Waals surface area (Å²) in [7, 11) is 0. The maximum absolute atomic E-state index is 10.5. The maximum Gasteiger partial charge on any atom is 0.322 e. The maximum atomic E-state index is 10.5. The predicted octanol–water partition coefficient (Wildman–Crippen LogP) is -3.79. The van der Waals surface area contributed by atoms with Crippen molar-refractivity contribution in [1.82, 2.24) is 0 Å². The van der Waals surface area contributed by atoms with Gasteiger partial charge in [0.25, 0.3) is 0 Å². The van der Waals surface area contributed by atoms with Crippen molar-refractivity contribution in [3.8, 4) is 0 Å². The van der Waals surface area contributed by atoms with Crippen molar-refractivity contribution in [2.24, 2.45) is 5.73 Å². The van der Waals surface area contributed by atoms with E-state index in [0.29, 0.717) is 0 Å². The molecular formula is C9H17NO8. The Hall–Kier alpha value is -0.810. The zero-order valence-corrected chi connectivity index (χ0v) is 9.42. The van der Waals surface area contributed by atoms with Gasteiger partial charge >= 0.3 is 5.97 Å². The molecule has 1 saturated heterocycles. The van der Waals surface area contributed by atoms with E-state index in [9.17, 15) is 20.1 Å². The quantitative estimate of drug-likeness (QED) is 0.293. The molecule has 0 aromatic rings. The van der Waals surface area contributed by atoms with Gasteiger partial charge in [-0.25, -0.2) is 0 Å². The molecule has 106 valence electrons. The normalized spacial score (nSPS) is 38.4. The Morgan fingerprint density at radius 2 is 1.89 bits per heavy atom. The standard InChI is InChI=1S/C9H17NO8/c10-3(8(15)16)2-17-9-7(14)6(13)5(12)4(1-11)18-9/h3-7,9,11-14H,1-2,10H2,(H,15,16)/t3-,4+,5+,6-,7-,9?/m0/s1. The van der Waals surface area contributed by atoms with Gasteiger partial charge in [-0.15, -0.1) is 0 Å². The molecule has 0 amide bonds. The molecule has 0 spiro atoms. The zero-order valence-electron chi connectivity index (χ0n) is 9.42. The molecular weight excluding hydrogens is 250 g/mol. The van der Waals surface area contributed by atoms with Gasteiger partial charge in [-0.2, -0.15) is 0 Å². The largest absolute Gasteiger partial charge is 0.480 e. The Labute approximate surface area is 102 Å². The van der Waals surface area contributed by atoms with Crippen molar-refractivity contribution in [3.05, 3.63) is 0 Å². The molecule has 1 aliphatic heterocycles. The average molecular weight is 267 g/mol. The molecule has 7 N–H and O–H groups in total. The SMILES string of the molecule is N[C@@H](COC1O[C@H](CO)[C@@H](O)[C@H](O)[C@@H]1O)C(=O)O. The van der Waals surface area contributed by atoms with E-state index in [1.807, 2.05) is 0 Å². The number of nitrogens with two attached hydrogens (primary N) is 1. The second-order valence-electron chi connectivity index (χ2n) is 3.98. The Balaban J connectivity index is 2.56. The lowest BCUT2D eigenvalue weighted by Crippen LogP contribution is -2.59. The predicted molar refractivity (Wildman–Crippen MR) is 55.3 cm³/mol. The molecule has 0 saturated carbocycles. The summed E-state index contributed by atoms with van der Waals surface area (Å²) < 4.78 is 9.89. The van der Waals surface area contributed by atoms with E-state index in [1.54, 1.807) is 0 Å². The van der Waals surface area contributed by atoms with Gasteiger partial charge in [0, 0.05) is 0 Å². The second-order valence-corrected chi connectivity index (χ2v) is 3.98. The zero-order chi connectivity index (χ0) is 13.9. The molecule has 1 rings (SSSR count). The number of rotatable bonds is 5. The molecule has 9 heteroatoms. The van der Waals surface area contributed by atoms with Crippen LogP contribution in [0.3, 0.4) is 0 Å². The molecule has 9 nitrogen and oxygen atoms in total. The van der Waals surface area contributed by atoms with Gasteiger partial charge in [-0.1, -0.05) is 0 Å². The number of aliphatic carboxylic acids is 1. The van der Waals surface area contributed by atoms with E-state index in [2.05, 4.69) is 0 Å². The first-order valence-electron chi connectivity index (χ1n) is 5.29. The van der Waals surface area contributed by atoms with Crippen LogP contribution in [0.5, 0.6) is 0 Å². The monoisotopic (exact) mass is 267 g/mol. The van der Waals surface area contributed by atoms with Crippen molar-refractivity contribution in [1.29, 1.82) is 0 Å². The van der Waals surface area contributed by atoms with Crippen LogP contribution in [0.15, 0.2) is 0 Å². The number of ether oxygens (including phenoxy) is 2.